The van der Waals surface area contributed by atoms with Crippen LogP contribution < -0.4 is 5.32 Å². The number of ether oxygens (including phenoxy) is 2. The minimum Gasteiger partial charge on any atom is -0.378 e. The lowest BCUT2D eigenvalue weighted by Crippen LogP contribution is -2.44. The zero-order valence-electron chi connectivity index (χ0n) is 14.1. The molecule has 3 heteroatoms. The fourth-order valence-electron chi connectivity index (χ4n) is 4.15. The van der Waals surface area contributed by atoms with Crippen molar-refractivity contribution in [1.29, 1.82) is 0 Å². The molecule has 2 rings (SSSR count). The van der Waals surface area contributed by atoms with Gasteiger partial charge < -0.3 is 14.8 Å². The van der Waals surface area contributed by atoms with Crippen LogP contribution in [0.1, 0.15) is 71.1 Å². The summed E-state index contributed by atoms with van der Waals surface area (Å²) in [5.41, 5.74) is 0. The molecule has 1 saturated heterocycles. The fraction of sp³-hybridized carbons (Fsp3) is 1.00. The van der Waals surface area contributed by atoms with Crippen LogP contribution in [0.5, 0.6) is 0 Å². The molecule has 0 aromatic rings. The molecule has 21 heavy (non-hydrogen) atoms. The molecule has 0 aromatic carbocycles. The highest BCUT2D eigenvalue weighted by molar-refractivity contribution is 4.84. The maximum absolute atomic E-state index is 6.16. The van der Waals surface area contributed by atoms with E-state index in [1.165, 1.54) is 64.2 Å². The molecule has 124 valence electrons. The Morgan fingerprint density at radius 1 is 1.14 bits per heavy atom. The normalized spacial score (nSPS) is 26.9. The van der Waals surface area contributed by atoms with Gasteiger partial charge in [0.05, 0.1) is 12.2 Å². The van der Waals surface area contributed by atoms with Crippen LogP contribution in [-0.2, 0) is 9.47 Å². The van der Waals surface area contributed by atoms with Crippen molar-refractivity contribution in [3.05, 3.63) is 0 Å². The minimum atomic E-state index is 0.407. The molecule has 3 nitrogen and oxygen atoms in total. The van der Waals surface area contributed by atoms with Gasteiger partial charge in [-0.2, -0.15) is 0 Å². The highest BCUT2D eigenvalue weighted by atomic mass is 16.5. The SMILES string of the molecule is CCOC(C1CCCCC1)C(CCCC1CCCO1)NC. The molecule has 1 aliphatic carbocycles. The summed E-state index contributed by atoms with van der Waals surface area (Å²) in [6.45, 7) is 3.95. The third-order valence-corrected chi connectivity index (χ3v) is 5.31. The van der Waals surface area contributed by atoms with Crippen LogP contribution in [0.2, 0.25) is 0 Å². The van der Waals surface area contributed by atoms with E-state index in [0.29, 0.717) is 18.2 Å². The zero-order chi connectivity index (χ0) is 14.9. The quantitative estimate of drug-likeness (QED) is 0.700. The first-order valence-electron chi connectivity index (χ1n) is 9.25. The molecule has 1 aliphatic heterocycles. The number of likely N-dealkylation sites (N-methyl/N-ethyl adjacent to an activating group) is 1. The van der Waals surface area contributed by atoms with Gasteiger partial charge >= 0.3 is 0 Å². The third-order valence-electron chi connectivity index (χ3n) is 5.31. The second-order valence-corrected chi connectivity index (χ2v) is 6.78. The van der Waals surface area contributed by atoms with Crippen LogP contribution in [0, 0.1) is 5.92 Å². The van der Waals surface area contributed by atoms with E-state index >= 15 is 0 Å². The molecule has 0 spiro atoms. The van der Waals surface area contributed by atoms with Crippen molar-refractivity contribution in [1.82, 2.24) is 5.32 Å². The van der Waals surface area contributed by atoms with Gasteiger partial charge in [-0.25, -0.2) is 0 Å². The highest BCUT2D eigenvalue weighted by Crippen LogP contribution is 2.31. The molecule has 0 aromatic heterocycles. The molecule has 0 radical (unpaired) electrons. The Morgan fingerprint density at radius 3 is 2.57 bits per heavy atom. The Balaban J connectivity index is 1.78. The number of rotatable bonds is 9. The number of hydrogen-bond acceptors (Lipinski definition) is 3. The average molecular weight is 297 g/mol. The van der Waals surface area contributed by atoms with Crippen molar-refractivity contribution < 1.29 is 9.47 Å². The van der Waals surface area contributed by atoms with E-state index in [4.69, 9.17) is 9.47 Å². The summed E-state index contributed by atoms with van der Waals surface area (Å²) in [5.74, 6) is 0.763. The molecule has 1 N–H and O–H groups in total. The summed E-state index contributed by atoms with van der Waals surface area (Å²) < 4.78 is 11.9. The predicted octanol–water partition coefficient (Wildman–Crippen LogP) is 3.91. The lowest BCUT2D eigenvalue weighted by Gasteiger charge is -2.35. The molecule has 0 bridgehead atoms. The van der Waals surface area contributed by atoms with Crippen LogP contribution in [0.3, 0.4) is 0 Å². The standard InChI is InChI=1S/C18H35NO2/c1-3-20-18(15-9-5-4-6-10-15)17(19-2)13-7-11-16-12-8-14-21-16/h15-19H,3-14H2,1-2H3. The van der Waals surface area contributed by atoms with Gasteiger partial charge in [0.25, 0.3) is 0 Å². The largest absolute Gasteiger partial charge is 0.378 e. The van der Waals surface area contributed by atoms with Crippen molar-refractivity contribution >= 4 is 0 Å². The van der Waals surface area contributed by atoms with Crippen molar-refractivity contribution in [2.45, 2.75) is 89.4 Å². The summed E-state index contributed by atoms with van der Waals surface area (Å²) >= 11 is 0. The first-order chi connectivity index (χ1) is 10.3. The molecule has 3 atom stereocenters. The molecule has 2 aliphatic rings. The summed E-state index contributed by atoms with van der Waals surface area (Å²) in [6.07, 6.45) is 14.1. The topological polar surface area (TPSA) is 30.5 Å². The maximum atomic E-state index is 6.16. The molecule has 1 heterocycles. The molecule has 2 fully saturated rings. The van der Waals surface area contributed by atoms with Gasteiger partial charge in [0.1, 0.15) is 0 Å². The van der Waals surface area contributed by atoms with Gasteiger partial charge in [0, 0.05) is 19.3 Å². The lowest BCUT2D eigenvalue weighted by molar-refractivity contribution is -0.0189. The van der Waals surface area contributed by atoms with E-state index < -0.39 is 0 Å². The average Bonchev–Trinajstić information content (AvgIpc) is 3.04. The van der Waals surface area contributed by atoms with E-state index in [1.54, 1.807) is 0 Å². The van der Waals surface area contributed by atoms with Gasteiger partial charge in [-0.15, -0.1) is 0 Å². The molecular formula is C18H35NO2. The van der Waals surface area contributed by atoms with Crippen molar-refractivity contribution in [2.75, 3.05) is 20.3 Å². The molecule has 3 unspecified atom stereocenters. The fourth-order valence-corrected chi connectivity index (χ4v) is 4.15. The van der Waals surface area contributed by atoms with E-state index in [9.17, 15) is 0 Å². The number of nitrogens with one attached hydrogen (secondary N) is 1. The van der Waals surface area contributed by atoms with Gasteiger partial charge in [0.15, 0.2) is 0 Å². The second-order valence-electron chi connectivity index (χ2n) is 6.78. The Bertz CT molecular complexity index is 260. The predicted molar refractivity (Wildman–Crippen MR) is 87.7 cm³/mol. The second kappa shape index (κ2) is 9.81. The minimum absolute atomic E-state index is 0.407. The zero-order valence-corrected chi connectivity index (χ0v) is 14.1. The smallest absolute Gasteiger partial charge is 0.0755 e. The van der Waals surface area contributed by atoms with Gasteiger partial charge in [-0.05, 0) is 64.8 Å². The van der Waals surface area contributed by atoms with Crippen LogP contribution in [0.25, 0.3) is 0 Å². The molecule has 1 saturated carbocycles. The van der Waals surface area contributed by atoms with E-state index in [2.05, 4.69) is 19.3 Å². The summed E-state index contributed by atoms with van der Waals surface area (Å²) in [4.78, 5) is 0. The first-order valence-corrected chi connectivity index (χ1v) is 9.25. The number of hydrogen-bond donors (Lipinski definition) is 1. The van der Waals surface area contributed by atoms with Crippen LogP contribution in [0.15, 0.2) is 0 Å². The molecular weight excluding hydrogens is 262 g/mol. The Labute approximate surface area is 131 Å². The monoisotopic (exact) mass is 297 g/mol. The lowest BCUT2D eigenvalue weighted by atomic mass is 9.81. The molecule has 0 amide bonds. The van der Waals surface area contributed by atoms with Crippen LogP contribution >= 0.6 is 0 Å². The van der Waals surface area contributed by atoms with Crippen LogP contribution in [0.4, 0.5) is 0 Å². The summed E-state index contributed by atoms with van der Waals surface area (Å²) in [7, 11) is 2.10. The third kappa shape index (κ3) is 5.54. The van der Waals surface area contributed by atoms with Gasteiger partial charge in [-0.1, -0.05) is 19.3 Å². The van der Waals surface area contributed by atoms with Crippen molar-refractivity contribution in [3.8, 4) is 0 Å². The van der Waals surface area contributed by atoms with Crippen molar-refractivity contribution in [2.24, 2.45) is 5.92 Å². The van der Waals surface area contributed by atoms with Gasteiger partial charge in [-0.3, -0.25) is 0 Å². The highest BCUT2D eigenvalue weighted by Gasteiger charge is 2.30. The Morgan fingerprint density at radius 2 is 1.95 bits per heavy atom. The Hall–Kier alpha value is -0.120. The Kier molecular flexibility index (Phi) is 8.05. The first kappa shape index (κ1) is 17.2. The van der Waals surface area contributed by atoms with Crippen molar-refractivity contribution in [3.63, 3.8) is 0 Å². The van der Waals surface area contributed by atoms with E-state index in [0.717, 1.165) is 19.1 Å². The van der Waals surface area contributed by atoms with Crippen LogP contribution in [-0.4, -0.2) is 38.5 Å². The maximum Gasteiger partial charge on any atom is 0.0755 e. The summed E-state index contributed by atoms with van der Waals surface area (Å²) in [6, 6.07) is 0.509. The van der Waals surface area contributed by atoms with E-state index in [-0.39, 0.29) is 0 Å². The summed E-state index contributed by atoms with van der Waals surface area (Å²) in [5, 5.41) is 3.54. The van der Waals surface area contributed by atoms with Gasteiger partial charge in [0.2, 0.25) is 0 Å². The van der Waals surface area contributed by atoms with E-state index in [1.807, 2.05) is 0 Å².